The lowest BCUT2D eigenvalue weighted by Crippen LogP contribution is -2.25. The highest BCUT2D eigenvalue weighted by Gasteiger charge is 2.13. The van der Waals surface area contributed by atoms with E-state index < -0.39 is 0 Å². The molecule has 32 heavy (non-hydrogen) atoms. The molecule has 5 heteroatoms. The van der Waals surface area contributed by atoms with Crippen molar-refractivity contribution in [3.63, 3.8) is 0 Å². The maximum absolute atomic E-state index is 12.7. The van der Waals surface area contributed by atoms with Gasteiger partial charge in [-0.25, -0.2) is 4.98 Å². The topological polar surface area (TPSA) is 56.1 Å². The van der Waals surface area contributed by atoms with Crippen molar-refractivity contribution >= 4 is 16.9 Å². The van der Waals surface area contributed by atoms with Gasteiger partial charge in [-0.3, -0.25) is 4.79 Å². The molecule has 0 unspecified atom stereocenters. The molecule has 0 aliphatic heterocycles. The van der Waals surface area contributed by atoms with E-state index in [1.54, 1.807) is 0 Å². The van der Waals surface area contributed by atoms with Crippen LogP contribution < -0.4 is 10.1 Å². The van der Waals surface area contributed by atoms with Crippen molar-refractivity contribution in [2.45, 2.75) is 40.3 Å². The highest BCUT2D eigenvalue weighted by molar-refractivity contribution is 5.95. The molecule has 0 aliphatic rings. The molecule has 0 radical (unpaired) electrons. The molecule has 0 saturated carbocycles. The van der Waals surface area contributed by atoms with Gasteiger partial charge in [0.1, 0.15) is 11.6 Å². The van der Waals surface area contributed by atoms with Crippen molar-refractivity contribution in [2.75, 3.05) is 6.61 Å². The van der Waals surface area contributed by atoms with Gasteiger partial charge >= 0.3 is 0 Å². The van der Waals surface area contributed by atoms with E-state index in [9.17, 15) is 4.79 Å². The number of para-hydroxylation sites is 2. The van der Waals surface area contributed by atoms with E-state index in [-0.39, 0.29) is 5.91 Å². The lowest BCUT2D eigenvalue weighted by atomic mass is 10.1. The molecule has 0 bridgehead atoms. The van der Waals surface area contributed by atoms with Gasteiger partial charge < -0.3 is 14.6 Å². The highest BCUT2D eigenvalue weighted by Crippen LogP contribution is 2.19. The summed E-state index contributed by atoms with van der Waals surface area (Å²) in [6, 6.07) is 21.9. The molecule has 0 fully saturated rings. The van der Waals surface area contributed by atoms with Crippen LogP contribution in [0.15, 0.2) is 66.7 Å². The zero-order valence-corrected chi connectivity index (χ0v) is 18.9. The van der Waals surface area contributed by atoms with Crippen molar-refractivity contribution in [2.24, 2.45) is 0 Å². The number of carbonyl (C=O) groups is 1. The first kappa shape index (κ1) is 21.6. The Bertz CT molecular complexity index is 1240. The van der Waals surface area contributed by atoms with Gasteiger partial charge in [0.25, 0.3) is 5.91 Å². The third kappa shape index (κ3) is 4.83. The van der Waals surface area contributed by atoms with Crippen molar-refractivity contribution in [3.05, 3.63) is 94.8 Å². The standard InChI is InChI=1S/C27H29N3O2/c1-19-13-14-22(17-21(19)3)32-16-8-15-30-25-12-7-6-11-24(25)29-26(30)18-28-27(31)23-10-5-4-9-20(23)2/h4-7,9-14,17H,8,15-16,18H2,1-3H3,(H,28,31). The van der Waals surface area contributed by atoms with Crippen molar-refractivity contribution in [1.29, 1.82) is 0 Å². The molecule has 0 saturated heterocycles. The fraction of sp³-hybridized carbons (Fsp3) is 0.259. The number of amides is 1. The molecular formula is C27H29N3O2. The minimum absolute atomic E-state index is 0.0835. The summed E-state index contributed by atoms with van der Waals surface area (Å²) in [5.74, 6) is 1.66. The van der Waals surface area contributed by atoms with Gasteiger partial charge in [0.05, 0.1) is 24.2 Å². The maximum atomic E-state index is 12.7. The number of hydrogen-bond acceptors (Lipinski definition) is 3. The summed E-state index contributed by atoms with van der Waals surface area (Å²) in [4.78, 5) is 17.4. The van der Waals surface area contributed by atoms with E-state index in [0.29, 0.717) is 18.7 Å². The van der Waals surface area contributed by atoms with Gasteiger partial charge in [0, 0.05) is 12.1 Å². The van der Waals surface area contributed by atoms with Crippen molar-refractivity contribution in [3.8, 4) is 5.75 Å². The minimum Gasteiger partial charge on any atom is -0.494 e. The molecule has 4 aromatic rings. The molecule has 1 aromatic heterocycles. The second-order valence-corrected chi connectivity index (χ2v) is 8.11. The normalized spacial score (nSPS) is 11.0. The number of imidazole rings is 1. The van der Waals surface area contributed by atoms with Gasteiger partial charge in [0.2, 0.25) is 0 Å². The largest absolute Gasteiger partial charge is 0.494 e. The van der Waals surface area contributed by atoms with E-state index >= 15 is 0 Å². The first-order valence-electron chi connectivity index (χ1n) is 11.0. The number of ether oxygens (including phenoxy) is 1. The van der Waals surface area contributed by atoms with Gasteiger partial charge in [-0.1, -0.05) is 36.4 Å². The van der Waals surface area contributed by atoms with E-state index in [1.165, 1.54) is 11.1 Å². The summed E-state index contributed by atoms with van der Waals surface area (Å²) >= 11 is 0. The Morgan fingerprint density at radius 1 is 0.938 bits per heavy atom. The summed E-state index contributed by atoms with van der Waals surface area (Å²) in [5.41, 5.74) is 6.15. The Hall–Kier alpha value is -3.60. The first-order chi connectivity index (χ1) is 15.5. The summed E-state index contributed by atoms with van der Waals surface area (Å²) in [5, 5.41) is 3.03. The Labute approximate surface area is 189 Å². The van der Waals surface area contributed by atoms with E-state index in [4.69, 9.17) is 9.72 Å². The van der Waals surface area contributed by atoms with Gasteiger partial charge in [-0.05, 0) is 74.2 Å². The van der Waals surface area contributed by atoms with Crippen LogP contribution in [0.2, 0.25) is 0 Å². The van der Waals surface area contributed by atoms with Gasteiger partial charge in [-0.2, -0.15) is 0 Å². The molecule has 0 aliphatic carbocycles. The molecular weight excluding hydrogens is 398 g/mol. The summed E-state index contributed by atoms with van der Waals surface area (Å²) < 4.78 is 8.14. The van der Waals surface area contributed by atoms with Crippen molar-refractivity contribution in [1.82, 2.24) is 14.9 Å². The van der Waals surface area contributed by atoms with Gasteiger partial charge in [-0.15, -0.1) is 0 Å². The Morgan fingerprint density at radius 2 is 1.72 bits per heavy atom. The second kappa shape index (κ2) is 9.69. The van der Waals surface area contributed by atoms with Crippen LogP contribution >= 0.6 is 0 Å². The predicted octanol–water partition coefficient (Wildman–Crippen LogP) is 5.36. The smallest absolute Gasteiger partial charge is 0.251 e. The first-order valence-corrected chi connectivity index (χ1v) is 11.0. The van der Waals surface area contributed by atoms with Crippen LogP contribution in [0.3, 0.4) is 0 Å². The van der Waals surface area contributed by atoms with E-state index in [2.05, 4.69) is 41.9 Å². The van der Waals surface area contributed by atoms with E-state index in [1.807, 2.05) is 55.5 Å². The molecule has 0 atom stereocenters. The van der Waals surface area contributed by atoms with Crippen LogP contribution in [0.4, 0.5) is 0 Å². The number of aryl methyl sites for hydroxylation is 4. The Kier molecular flexibility index (Phi) is 6.55. The quantitative estimate of drug-likeness (QED) is 0.385. The molecule has 0 spiro atoms. The number of nitrogens with zero attached hydrogens (tertiary/aromatic N) is 2. The van der Waals surface area contributed by atoms with Crippen molar-refractivity contribution < 1.29 is 9.53 Å². The Morgan fingerprint density at radius 3 is 2.53 bits per heavy atom. The third-order valence-corrected chi connectivity index (χ3v) is 5.80. The molecule has 4 rings (SSSR count). The summed E-state index contributed by atoms with van der Waals surface area (Å²) in [6.07, 6.45) is 0.839. The van der Waals surface area contributed by atoms with Crippen LogP contribution in [0, 0.1) is 20.8 Å². The average Bonchev–Trinajstić information content (AvgIpc) is 3.15. The fourth-order valence-corrected chi connectivity index (χ4v) is 3.81. The van der Waals surface area contributed by atoms with Crippen LogP contribution in [-0.2, 0) is 13.1 Å². The lowest BCUT2D eigenvalue weighted by Gasteiger charge is -2.12. The average molecular weight is 428 g/mol. The number of aromatic nitrogens is 2. The SMILES string of the molecule is Cc1ccc(OCCCn2c(CNC(=O)c3ccccc3C)nc3ccccc32)cc1C. The number of rotatable bonds is 8. The van der Waals surface area contributed by atoms with E-state index in [0.717, 1.165) is 41.1 Å². The maximum Gasteiger partial charge on any atom is 0.251 e. The number of hydrogen-bond donors (Lipinski definition) is 1. The predicted molar refractivity (Wildman–Crippen MR) is 128 cm³/mol. The summed E-state index contributed by atoms with van der Waals surface area (Å²) in [6.45, 7) is 7.89. The van der Waals surface area contributed by atoms with Gasteiger partial charge in [0.15, 0.2) is 0 Å². The molecule has 5 nitrogen and oxygen atoms in total. The van der Waals surface area contributed by atoms with Crippen LogP contribution in [0.1, 0.15) is 39.3 Å². The number of benzene rings is 3. The Balaban J connectivity index is 1.43. The highest BCUT2D eigenvalue weighted by atomic mass is 16.5. The van der Waals surface area contributed by atoms with Crippen LogP contribution in [0.25, 0.3) is 11.0 Å². The second-order valence-electron chi connectivity index (χ2n) is 8.11. The monoisotopic (exact) mass is 427 g/mol. The molecule has 3 aromatic carbocycles. The number of fused-ring (bicyclic) bond motifs is 1. The van der Waals surface area contributed by atoms with Crippen LogP contribution in [-0.4, -0.2) is 22.1 Å². The van der Waals surface area contributed by atoms with Crippen LogP contribution in [0.5, 0.6) is 5.75 Å². The zero-order valence-electron chi connectivity index (χ0n) is 18.9. The number of nitrogens with one attached hydrogen (secondary N) is 1. The molecule has 1 amide bonds. The summed E-state index contributed by atoms with van der Waals surface area (Å²) in [7, 11) is 0. The lowest BCUT2D eigenvalue weighted by molar-refractivity contribution is 0.0949. The molecule has 1 heterocycles. The fourth-order valence-electron chi connectivity index (χ4n) is 3.81. The zero-order chi connectivity index (χ0) is 22.5. The minimum atomic E-state index is -0.0835. The third-order valence-electron chi connectivity index (χ3n) is 5.80. The molecule has 164 valence electrons. The molecule has 1 N–H and O–H groups in total. The number of carbonyl (C=O) groups excluding carboxylic acids is 1.